The number of aryl methyl sites for hydroxylation is 1. The number of hydrogen-bond donors (Lipinski definition) is 1. The lowest BCUT2D eigenvalue weighted by atomic mass is 10.1. The Kier molecular flexibility index (Phi) is 5.80. The van der Waals surface area contributed by atoms with E-state index in [1.54, 1.807) is 0 Å². The van der Waals surface area contributed by atoms with Crippen LogP contribution in [0.5, 0.6) is 5.88 Å². The van der Waals surface area contributed by atoms with Crippen LogP contribution in [0.3, 0.4) is 0 Å². The Bertz CT molecular complexity index is 400. The van der Waals surface area contributed by atoms with Crippen molar-refractivity contribution in [2.45, 2.75) is 72.6 Å². The Morgan fingerprint density at radius 1 is 1.26 bits per heavy atom. The molecule has 108 valence electrons. The second-order valence-corrected chi connectivity index (χ2v) is 5.91. The Morgan fingerprint density at radius 3 is 2.47 bits per heavy atom. The first kappa shape index (κ1) is 16.0. The lowest BCUT2D eigenvalue weighted by Crippen LogP contribution is -2.27. The molecule has 19 heavy (non-hydrogen) atoms. The summed E-state index contributed by atoms with van der Waals surface area (Å²) >= 11 is 0. The molecule has 1 aromatic rings. The van der Waals surface area contributed by atoms with Crippen LogP contribution in [0.4, 0.5) is 0 Å². The molecule has 1 heterocycles. The van der Waals surface area contributed by atoms with Crippen molar-refractivity contribution >= 4 is 0 Å². The molecule has 0 aliphatic heterocycles. The summed E-state index contributed by atoms with van der Waals surface area (Å²) in [6.07, 6.45) is 1.89. The fourth-order valence-electron chi connectivity index (χ4n) is 1.63. The molecule has 0 radical (unpaired) electrons. The Balaban J connectivity index is 2.89. The molecule has 3 heteroatoms. The molecule has 0 bridgehead atoms. The molecule has 3 nitrogen and oxygen atoms in total. The van der Waals surface area contributed by atoms with Crippen molar-refractivity contribution in [3.05, 3.63) is 23.4 Å². The van der Waals surface area contributed by atoms with E-state index in [9.17, 15) is 0 Å². The highest BCUT2D eigenvalue weighted by Crippen LogP contribution is 2.21. The number of nitrogens with zero attached hydrogens (tertiary/aromatic N) is 1. The number of nitrogens with one attached hydrogen (secondary N) is 1. The van der Waals surface area contributed by atoms with E-state index in [0.29, 0.717) is 6.04 Å². The van der Waals surface area contributed by atoms with E-state index in [-0.39, 0.29) is 5.60 Å². The van der Waals surface area contributed by atoms with E-state index in [1.165, 1.54) is 5.56 Å². The molecule has 1 rings (SSSR count). The maximum Gasteiger partial charge on any atom is 0.214 e. The fourth-order valence-corrected chi connectivity index (χ4v) is 1.63. The van der Waals surface area contributed by atoms with E-state index >= 15 is 0 Å². The van der Waals surface area contributed by atoms with Gasteiger partial charge in [-0.05, 0) is 38.3 Å². The maximum absolute atomic E-state index is 6.00. The van der Waals surface area contributed by atoms with Gasteiger partial charge in [-0.1, -0.05) is 27.7 Å². The van der Waals surface area contributed by atoms with Crippen molar-refractivity contribution in [1.82, 2.24) is 10.3 Å². The zero-order valence-electron chi connectivity index (χ0n) is 13.2. The van der Waals surface area contributed by atoms with Crippen molar-refractivity contribution in [3.63, 3.8) is 0 Å². The van der Waals surface area contributed by atoms with E-state index in [0.717, 1.165) is 31.0 Å². The van der Waals surface area contributed by atoms with E-state index in [2.05, 4.69) is 57.9 Å². The number of pyridine rings is 1. The number of aromatic nitrogens is 1. The van der Waals surface area contributed by atoms with Gasteiger partial charge in [0.15, 0.2) is 0 Å². The maximum atomic E-state index is 6.00. The summed E-state index contributed by atoms with van der Waals surface area (Å²) in [7, 11) is 0. The minimum Gasteiger partial charge on any atom is -0.472 e. The molecule has 0 saturated carbocycles. The lowest BCUT2D eigenvalue weighted by Gasteiger charge is -2.24. The topological polar surface area (TPSA) is 34.1 Å². The normalized spacial score (nSPS) is 11.9. The fraction of sp³-hybridized carbons (Fsp3) is 0.688. The molecule has 0 saturated heterocycles. The van der Waals surface area contributed by atoms with E-state index in [4.69, 9.17) is 4.74 Å². The minimum absolute atomic E-state index is 0.165. The Morgan fingerprint density at radius 2 is 1.95 bits per heavy atom. The highest BCUT2D eigenvalue weighted by molar-refractivity contribution is 5.25. The first-order valence-corrected chi connectivity index (χ1v) is 7.28. The number of rotatable bonds is 7. The van der Waals surface area contributed by atoms with Gasteiger partial charge < -0.3 is 10.1 Å². The summed E-state index contributed by atoms with van der Waals surface area (Å²) in [5.74, 6) is 0.742. The minimum atomic E-state index is -0.165. The van der Waals surface area contributed by atoms with Gasteiger partial charge in [0.05, 0.1) is 0 Å². The van der Waals surface area contributed by atoms with E-state index < -0.39 is 0 Å². The van der Waals surface area contributed by atoms with Crippen LogP contribution < -0.4 is 10.1 Å². The van der Waals surface area contributed by atoms with Crippen molar-refractivity contribution in [1.29, 1.82) is 0 Å². The molecule has 0 aliphatic carbocycles. The number of hydrogen-bond acceptors (Lipinski definition) is 3. The van der Waals surface area contributed by atoms with E-state index in [1.807, 2.05) is 6.07 Å². The molecular weight excluding hydrogens is 236 g/mol. The van der Waals surface area contributed by atoms with Crippen LogP contribution in [-0.4, -0.2) is 16.6 Å². The van der Waals surface area contributed by atoms with Gasteiger partial charge in [-0.3, -0.25) is 0 Å². The Hall–Kier alpha value is -1.09. The van der Waals surface area contributed by atoms with Gasteiger partial charge in [-0.25, -0.2) is 4.98 Å². The lowest BCUT2D eigenvalue weighted by molar-refractivity contribution is 0.0986. The van der Waals surface area contributed by atoms with Crippen LogP contribution in [0.1, 0.15) is 59.2 Å². The summed E-state index contributed by atoms with van der Waals surface area (Å²) in [4.78, 5) is 4.56. The Labute approximate surface area is 117 Å². The second kappa shape index (κ2) is 6.90. The predicted octanol–water partition coefficient (Wildman–Crippen LogP) is 3.71. The third kappa shape index (κ3) is 5.60. The molecule has 0 atom stereocenters. The van der Waals surface area contributed by atoms with Crippen LogP contribution >= 0.6 is 0 Å². The molecule has 0 fully saturated rings. The van der Waals surface area contributed by atoms with Crippen LogP contribution in [0.25, 0.3) is 0 Å². The highest BCUT2D eigenvalue weighted by Gasteiger charge is 2.18. The zero-order chi connectivity index (χ0) is 14.5. The summed E-state index contributed by atoms with van der Waals surface area (Å²) in [5.41, 5.74) is 2.16. The second-order valence-electron chi connectivity index (χ2n) is 5.91. The molecule has 0 aromatic carbocycles. The standard InChI is InChI=1S/C16H28N2O/c1-7-14-9-13(11-17-12(3)4)10-15(18-14)19-16(5,6)8-2/h9-10,12,17H,7-8,11H2,1-6H3. The summed E-state index contributed by atoms with van der Waals surface area (Å²) in [5, 5.41) is 3.43. The number of ether oxygens (including phenoxy) is 1. The first-order valence-electron chi connectivity index (χ1n) is 7.28. The molecule has 0 spiro atoms. The SMILES string of the molecule is CCc1cc(CNC(C)C)cc(OC(C)(C)CC)n1. The monoisotopic (exact) mass is 264 g/mol. The third-order valence-electron chi connectivity index (χ3n) is 3.22. The van der Waals surface area contributed by atoms with Gasteiger partial charge >= 0.3 is 0 Å². The van der Waals surface area contributed by atoms with Crippen LogP contribution in [0.2, 0.25) is 0 Å². The zero-order valence-corrected chi connectivity index (χ0v) is 13.2. The molecule has 0 aliphatic rings. The largest absolute Gasteiger partial charge is 0.472 e. The first-order chi connectivity index (χ1) is 8.86. The van der Waals surface area contributed by atoms with Crippen molar-refractivity contribution in [2.24, 2.45) is 0 Å². The van der Waals surface area contributed by atoms with Crippen LogP contribution in [-0.2, 0) is 13.0 Å². The third-order valence-corrected chi connectivity index (χ3v) is 3.22. The van der Waals surface area contributed by atoms with Gasteiger partial charge in [-0.15, -0.1) is 0 Å². The summed E-state index contributed by atoms with van der Waals surface area (Å²) in [6.45, 7) is 13.6. The summed E-state index contributed by atoms with van der Waals surface area (Å²) in [6, 6.07) is 4.68. The van der Waals surface area contributed by atoms with Crippen LogP contribution in [0, 0.1) is 0 Å². The van der Waals surface area contributed by atoms with Gasteiger partial charge in [0.25, 0.3) is 0 Å². The molecule has 0 unspecified atom stereocenters. The quantitative estimate of drug-likeness (QED) is 0.815. The van der Waals surface area contributed by atoms with Gasteiger partial charge in [0, 0.05) is 24.3 Å². The molecule has 1 N–H and O–H groups in total. The molecular formula is C16H28N2O. The smallest absolute Gasteiger partial charge is 0.214 e. The molecule has 0 amide bonds. The van der Waals surface area contributed by atoms with Crippen LogP contribution in [0.15, 0.2) is 12.1 Å². The summed E-state index contributed by atoms with van der Waals surface area (Å²) < 4.78 is 6.00. The van der Waals surface area contributed by atoms with Gasteiger partial charge in [0.1, 0.15) is 5.60 Å². The van der Waals surface area contributed by atoms with Gasteiger partial charge in [0.2, 0.25) is 5.88 Å². The van der Waals surface area contributed by atoms with Crippen molar-refractivity contribution < 1.29 is 4.74 Å². The van der Waals surface area contributed by atoms with Crippen molar-refractivity contribution in [2.75, 3.05) is 0 Å². The van der Waals surface area contributed by atoms with Crippen molar-refractivity contribution in [3.8, 4) is 5.88 Å². The molecule has 1 aromatic heterocycles. The predicted molar refractivity (Wildman–Crippen MR) is 80.6 cm³/mol. The van der Waals surface area contributed by atoms with Gasteiger partial charge in [-0.2, -0.15) is 0 Å². The average molecular weight is 264 g/mol. The average Bonchev–Trinajstić information content (AvgIpc) is 2.35. The highest BCUT2D eigenvalue weighted by atomic mass is 16.5.